The number of nitrogens with one attached hydrogen (secondary N) is 1. The monoisotopic (exact) mass is 263 g/mol. The third-order valence-corrected chi connectivity index (χ3v) is 2.97. The third-order valence-electron chi connectivity index (χ3n) is 2.97. The van der Waals surface area contributed by atoms with Crippen molar-refractivity contribution in [2.24, 2.45) is 0 Å². The maximum atomic E-state index is 13.2. The topological polar surface area (TPSA) is 58.0 Å². The second kappa shape index (κ2) is 6.99. The second-order valence-electron chi connectivity index (χ2n) is 4.45. The Labute approximate surface area is 111 Å². The summed E-state index contributed by atoms with van der Waals surface area (Å²) in [5.74, 6) is 0.389. The average Bonchev–Trinajstić information content (AvgIpc) is 2.43. The number of rotatable bonds is 7. The molecular formula is C14H18FN3O. The quantitative estimate of drug-likeness (QED) is 0.754. The van der Waals surface area contributed by atoms with E-state index in [0.29, 0.717) is 11.2 Å². The van der Waals surface area contributed by atoms with E-state index in [0.717, 1.165) is 37.7 Å². The van der Waals surface area contributed by atoms with E-state index in [9.17, 15) is 4.39 Å². The SMILES string of the molecule is OCCCCCCNc1ncnc2ccc(F)cc12. The number of aliphatic hydroxyl groups is 1. The molecule has 2 aromatic rings. The molecule has 0 radical (unpaired) electrons. The Morgan fingerprint density at radius 2 is 1.95 bits per heavy atom. The summed E-state index contributed by atoms with van der Waals surface area (Å²) in [6, 6.07) is 4.50. The van der Waals surface area contributed by atoms with Gasteiger partial charge in [-0.05, 0) is 31.0 Å². The van der Waals surface area contributed by atoms with Crippen LogP contribution >= 0.6 is 0 Å². The summed E-state index contributed by atoms with van der Waals surface area (Å²) < 4.78 is 13.2. The molecular weight excluding hydrogens is 245 g/mol. The van der Waals surface area contributed by atoms with Crippen LogP contribution in [0.5, 0.6) is 0 Å². The molecule has 5 heteroatoms. The molecule has 0 aliphatic heterocycles. The highest BCUT2D eigenvalue weighted by atomic mass is 19.1. The zero-order valence-electron chi connectivity index (χ0n) is 10.8. The van der Waals surface area contributed by atoms with Crippen molar-refractivity contribution in [3.05, 3.63) is 30.3 Å². The lowest BCUT2D eigenvalue weighted by molar-refractivity contribution is 0.283. The molecule has 0 fully saturated rings. The van der Waals surface area contributed by atoms with Gasteiger partial charge in [0.15, 0.2) is 0 Å². The van der Waals surface area contributed by atoms with Crippen LogP contribution in [0.1, 0.15) is 25.7 Å². The van der Waals surface area contributed by atoms with Crippen molar-refractivity contribution in [1.82, 2.24) is 9.97 Å². The molecule has 0 spiro atoms. The predicted octanol–water partition coefficient (Wildman–Crippen LogP) is 2.73. The number of anilines is 1. The van der Waals surface area contributed by atoms with Gasteiger partial charge in [0, 0.05) is 18.5 Å². The van der Waals surface area contributed by atoms with Gasteiger partial charge in [0.2, 0.25) is 0 Å². The van der Waals surface area contributed by atoms with E-state index in [1.54, 1.807) is 6.07 Å². The van der Waals surface area contributed by atoms with E-state index < -0.39 is 0 Å². The van der Waals surface area contributed by atoms with Crippen LogP contribution in [0, 0.1) is 5.82 Å². The van der Waals surface area contributed by atoms with Gasteiger partial charge in [-0.15, -0.1) is 0 Å². The van der Waals surface area contributed by atoms with Crippen molar-refractivity contribution in [2.75, 3.05) is 18.5 Å². The number of aromatic nitrogens is 2. The zero-order valence-corrected chi connectivity index (χ0v) is 10.8. The van der Waals surface area contributed by atoms with E-state index in [4.69, 9.17) is 5.11 Å². The predicted molar refractivity (Wildman–Crippen MR) is 73.5 cm³/mol. The van der Waals surface area contributed by atoms with Crippen molar-refractivity contribution in [3.63, 3.8) is 0 Å². The van der Waals surface area contributed by atoms with Crippen molar-refractivity contribution in [1.29, 1.82) is 0 Å². The first-order chi connectivity index (χ1) is 9.31. The number of halogens is 1. The summed E-state index contributed by atoms with van der Waals surface area (Å²) in [7, 11) is 0. The minimum absolute atomic E-state index is 0.253. The number of benzene rings is 1. The fraction of sp³-hybridized carbons (Fsp3) is 0.429. The summed E-state index contributed by atoms with van der Waals surface area (Å²) >= 11 is 0. The number of nitrogens with zero attached hydrogens (tertiary/aromatic N) is 2. The third kappa shape index (κ3) is 3.86. The van der Waals surface area contributed by atoms with Crippen LogP contribution in [0.4, 0.5) is 10.2 Å². The Kier molecular flexibility index (Phi) is 5.03. The van der Waals surface area contributed by atoms with E-state index >= 15 is 0 Å². The molecule has 0 aliphatic rings. The summed E-state index contributed by atoms with van der Waals surface area (Å²) in [4.78, 5) is 8.26. The lowest BCUT2D eigenvalue weighted by Crippen LogP contribution is -2.04. The summed E-state index contributed by atoms with van der Waals surface area (Å²) in [5, 5.41) is 12.6. The van der Waals surface area contributed by atoms with Crippen molar-refractivity contribution < 1.29 is 9.50 Å². The van der Waals surface area contributed by atoms with Crippen LogP contribution in [0.3, 0.4) is 0 Å². The Morgan fingerprint density at radius 1 is 1.11 bits per heavy atom. The molecule has 2 rings (SSSR count). The fourth-order valence-corrected chi connectivity index (χ4v) is 1.97. The van der Waals surface area contributed by atoms with Crippen LogP contribution in [-0.4, -0.2) is 28.2 Å². The molecule has 0 saturated carbocycles. The molecule has 0 saturated heterocycles. The van der Waals surface area contributed by atoms with Gasteiger partial charge in [-0.3, -0.25) is 0 Å². The lowest BCUT2D eigenvalue weighted by atomic mass is 10.2. The molecule has 1 heterocycles. The molecule has 0 unspecified atom stereocenters. The van der Waals surface area contributed by atoms with Crippen molar-refractivity contribution in [2.45, 2.75) is 25.7 Å². The zero-order chi connectivity index (χ0) is 13.5. The minimum atomic E-state index is -0.284. The van der Waals surface area contributed by atoms with Crippen LogP contribution in [0.15, 0.2) is 24.5 Å². The Morgan fingerprint density at radius 3 is 2.79 bits per heavy atom. The van der Waals surface area contributed by atoms with Crippen molar-refractivity contribution >= 4 is 16.7 Å². The average molecular weight is 263 g/mol. The molecule has 0 atom stereocenters. The van der Waals surface area contributed by atoms with Crippen molar-refractivity contribution in [3.8, 4) is 0 Å². The minimum Gasteiger partial charge on any atom is -0.396 e. The van der Waals surface area contributed by atoms with Crippen LogP contribution in [0.25, 0.3) is 10.9 Å². The van der Waals surface area contributed by atoms with Gasteiger partial charge in [-0.2, -0.15) is 0 Å². The highest BCUT2D eigenvalue weighted by Gasteiger charge is 2.04. The highest BCUT2D eigenvalue weighted by molar-refractivity contribution is 5.88. The normalized spacial score (nSPS) is 10.8. The van der Waals surface area contributed by atoms with Gasteiger partial charge in [0.1, 0.15) is 18.0 Å². The first kappa shape index (κ1) is 13.7. The standard InChI is InChI=1S/C14H18FN3O/c15-11-5-6-13-12(9-11)14(18-10-17-13)16-7-3-1-2-4-8-19/h5-6,9-10,19H,1-4,7-8H2,(H,16,17,18). The molecule has 0 bridgehead atoms. The molecule has 1 aromatic carbocycles. The Hall–Kier alpha value is -1.75. The molecule has 2 N–H and O–H groups in total. The summed E-state index contributed by atoms with van der Waals surface area (Å²) in [5.41, 5.74) is 0.735. The Balaban J connectivity index is 1.95. The van der Waals surface area contributed by atoms with Gasteiger partial charge < -0.3 is 10.4 Å². The summed E-state index contributed by atoms with van der Waals surface area (Å²) in [6.07, 6.45) is 5.42. The first-order valence-electron chi connectivity index (χ1n) is 6.56. The molecule has 102 valence electrons. The van der Waals surface area contributed by atoms with E-state index in [1.807, 2.05) is 0 Å². The number of unbranched alkanes of at least 4 members (excludes halogenated alkanes) is 3. The number of hydrogen-bond acceptors (Lipinski definition) is 4. The second-order valence-corrected chi connectivity index (χ2v) is 4.45. The van der Waals surface area contributed by atoms with Gasteiger partial charge in [-0.25, -0.2) is 14.4 Å². The molecule has 19 heavy (non-hydrogen) atoms. The van der Waals surface area contributed by atoms with Gasteiger partial charge in [-0.1, -0.05) is 12.8 Å². The maximum Gasteiger partial charge on any atom is 0.137 e. The smallest absolute Gasteiger partial charge is 0.137 e. The molecule has 4 nitrogen and oxygen atoms in total. The lowest BCUT2D eigenvalue weighted by Gasteiger charge is -2.08. The van der Waals surface area contributed by atoms with Crippen LogP contribution < -0.4 is 5.32 Å². The number of fused-ring (bicyclic) bond motifs is 1. The number of hydrogen-bond donors (Lipinski definition) is 2. The largest absolute Gasteiger partial charge is 0.396 e. The number of aliphatic hydroxyl groups excluding tert-OH is 1. The first-order valence-corrected chi connectivity index (χ1v) is 6.56. The molecule has 1 aromatic heterocycles. The fourth-order valence-electron chi connectivity index (χ4n) is 1.97. The van der Waals surface area contributed by atoms with E-state index in [2.05, 4.69) is 15.3 Å². The van der Waals surface area contributed by atoms with E-state index in [-0.39, 0.29) is 12.4 Å². The molecule has 0 amide bonds. The highest BCUT2D eigenvalue weighted by Crippen LogP contribution is 2.20. The van der Waals surface area contributed by atoms with Gasteiger partial charge in [0.05, 0.1) is 5.52 Å². The Bertz CT molecular complexity index is 533. The van der Waals surface area contributed by atoms with Gasteiger partial charge >= 0.3 is 0 Å². The van der Waals surface area contributed by atoms with Crippen LogP contribution in [0.2, 0.25) is 0 Å². The summed E-state index contributed by atoms with van der Waals surface area (Å²) in [6.45, 7) is 1.04. The van der Waals surface area contributed by atoms with Gasteiger partial charge in [0.25, 0.3) is 0 Å². The van der Waals surface area contributed by atoms with E-state index in [1.165, 1.54) is 18.5 Å². The molecule has 0 aliphatic carbocycles. The maximum absolute atomic E-state index is 13.2. The van der Waals surface area contributed by atoms with Crippen LogP contribution in [-0.2, 0) is 0 Å².